The van der Waals surface area contributed by atoms with Crippen molar-refractivity contribution in [3.05, 3.63) is 34.9 Å². The third kappa shape index (κ3) is 4.20. The number of hydrogen-bond donors (Lipinski definition) is 2. The van der Waals surface area contributed by atoms with Gasteiger partial charge in [0, 0.05) is 37.3 Å². The predicted molar refractivity (Wildman–Crippen MR) is 86.0 cm³/mol. The first kappa shape index (κ1) is 17.2. The molecule has 2 rings (SSSR count). The topological polar surface area (TPSA) is 73.6 Å². The second kappa shape index (κ2) is 7.92. The van der Waals surface area contributed by atoms with Crippen LogP contribution in [-0.4, -0.2) is 45.4 Å². The fourth-order valence-electron chi connectivity index (χ4n) is 2.78. The quantitative estimate of drug-likeness (QED) is 0.830. The summed E-state index contributed by atoms with van der Waals surface area (Å²) in [5, 5.41) is 3.66. The van der Waals surface area contributed by atoms with Crippen molar-refractivity contribution >= 4 is 17.5 Å². The van der Waals surface area contributed by atoms with E-state index in [1.165, 1.54) is 12.7 Å². The third-order valence-electron chi connectivity index (χ3n) is 4.19. The Hall–Kier alpha value is -1.14. The number of methoxy groups -OCH3 is 1. The minimum atomic E-state index is -0.646. The van der Waals surface area contributed by atoms with Crippen molar-refractivity contribution < 1.29 is 14.3 Å². The minimum Gasteiger partial charge on any atom is -0.383 e. The summed E-state index contributed by atoms with van der Waals surface area (Å²) in [5.41, 5.74) is 6.80. The molecule has 1 aliphatic rings. The number of carbonyl (C=O) groups excluding carboxylic acids is 1. The van der Waals surface area contributed by atoms with E-state index in [0.717, 1.165) is 12.8 Å². The number of rotatable bonds is 6. The van der Waals surface area contributed by atoms with Crippen LogP contribution in [0.1, 0.15) is 18.4 Å². The molecule has 122 valence electrons. The lowest BCUT2D eigenvalue weighted by atomic mass is 9.74. The summed E-state index contributed by atoms with van der Waals surface area (Å²) in [6, 6.07) is 7.16. The normalized spacial score (nSPS) is 18.7. The van der Waals surface area contributed by atoms with Gasteiger partial charge in [-0.05, 0) is 30.5 Å². The van der Waals surface area contributed by atoms with Crippen LogP contribution in [0.25, 0.3) is 0 Å². The first-order chi connectivity index (χ1) is 10.6. The van der Waals surface area contributed by atoms with E-state index in [1.54, 1.807) is 0 Å². The number of ether oxygens (including phenoxy) is 2. The van der Waals surface area contributed by atoms with Gasteiger partial charge in [0.2, 0.25) is 5.91 Å². The van der Waals surface area contributed by atoms with E-state index in [9.17, 15) is 4.79 Å². The van der Waals surface area contributed by atoms with Gasteiger partial charge in [-0.25, -0.2) is 0 Å². The van der Waals surface area contributed by atoms with Crippen molar-refractivity contribution in [3.63, 3.8) is 0 Å². The van der Waals surface area contributed by atoms with Crippen LogP contribution in [0.2, 0.25) is 5.02 Å². The summed E-state index contributed by atoms with van der Waals surface area (Å²) in [6.45, 7) is 2.11. The van der Waals surface area contributed by atoms with Gasteiger partial charge in [-0.15, -0.1) is 0 Å². The van der Waals surface area contributed by atoms with Crippen LogP contribution in [0.3, 0.4) is 0 Å². The van der Waals surface area contributed by atoms with E-state index in [-0.39, 0.29) is 17.9 Å². The summed E-state index contributed by atoms with van der Waals surface area (Å²) in [4.78, 5) is 12.0. The molecule has 0 aromatic heterocycles. The zero-order valence-electron chi connectivity index (χ0n) is 12.8. The number of carbonyl (C=O) groups is 1. The average molecular weight is 327 g/mol. The third-order valence-corrected chi connectivity index (χ3v) is 4.44. The highest BCUT2D eigenvalue weighted by Crippen LogP contribution is 2.34. The molecule has 1 heterocycles. The summed E-state index contributed by atoms with van der Waals surface area (Å²) >= 11 is 5.97. The first-order valence-electron chi connectivity index (χ1n) is 7.43. The molecular weight excluding hydrogens is 304 g/mol. The van der Waals surface area contributed by atoms with E-state index < -0.39 is 6.04 Å². The van der Waals surface area contributed by atoms with Crippen LogP contribution in [0.4, 0.5) is 0 Å². The summed E-state index contributed by atoms with van der Waals surface area (Å²) in [7, 11) is 1.53. The Morgan fingerprint density at radius 1 is 1.41 bits per heavy atom. The van der Waals surface area contributed by atoms with Crippen molar-refractivity contribution in [2.45, 2.75) is 24.3 Å². The molecule has 22 heavy (non-hydrogen) atoms. The van der Waals surface area contributed by atoms with Gasteiger partial charge in [-0.1, -0.05) is 23.7 Å². The largest absolute Gasteiger partial charge is 0.383 e. The number of benzene rings is 1. The minimum absolute atomic E-state index is 0.134. The SMILES string of the molecule is COCC(N)C(=O)NCC1(c2ccc(Cl)cc2)CCOCC1. The monoisotopic (exact) mass is 326 g/mol. The van der Waals surface area contributed by atoms with Crippen LogP contribution in [-0.2, 0) is 19.7 Å². The van der Waals surface area contributed by atoms with E-state index in [1.807, 2.05) is 24.3 Å². The Labute approximate surface area is 136 Å². The summed E-state index contributed by atoms with van der Waals surface area (Å²) < 4.78 is 10.4. The van der Waals surface area contributed by atoms with Crippen LogP contribution < -0.4 is 11.1 Å². The zero-order valence-corrected chi connectivity index (χ0v) is 13.6. The van der Waals surface area contributed by atoms with Gasteiger partial charge in [0.15, 0.2) is 0 Å². The molecule has 0 aliphatic carbocycles. The Kier molecular flexibility index (Phi) is 6.20. The number of nitrogens with two attached hydrogens (primary N) is 1. The molecule has 1 aromatic carbocycles. The van der Waals surface area contributed by atoms with Crippen molar-refractivity contribution in [2.24, 2.45) is 5.73 Å². The second-order valence-corrected chi connectivity index (χ2v) is 6.12. The van der Waals surface area contributed by atoms with Crippen molar-refractivity contribution in [3.8, 4) is 0 Å². The van der Waals surface area contributed by atoms with Gasteiger partial charge in [0.05, 0.1) is 6.61 Å². The fraction of sp³-hybridized carbons (Fsp3) is 0.562. The van der Waals surface area contributed by atoms with E-state index >= 15 is 0 Å². The molecule has 1 aromatic rings. The molecule has 1 atom stereocenters. The zero-order chi connectivity index (χ0) is 16.0. The van der Waals surface area contributed by atoms with Crippen LogP contribution in [0.15, 0.2) is 24.3 Å². The molecule has 1 unspecified atom stereocenters. The highest BCUT2D eigenvalue weighted by Gasteiger charge is 2.35. The molecule has 1 fully saturated rings. The predicted octanol–water partition coefficient (Wildman–Crippen LogP) is 1.48. The molecular formula is C16H23ClN2O3. The van der Waals surface area contributed by atoms with Gasteiger partial charge in [0.1, 0.15) is 6.04 Å². The van der Waals surface area contributed by atoms with Crippen LogP contribution >= 0.6 is 11.6 Å². The smallest absolute Gasteiger partial charge is 0.239 e. The number of hydrogen-bond acceptors (Lipinski definition) is 4. The van der Waals surface area contributed by atoms with E-state index in [2.05, 4.69) is 5.32 Å². The van der Waals surface area contributed by atoms with Crippen LogP contribution in [0, 0.1) is 0 Å². The van der Waals surface area contributed by atoms with Gasteiger partial charge in [-0.3, -0.25) is 4.79 Å². The molecule has 1 saturated heterocycles. The molecule has 0 saturated carbocycles. The van der Waals surface area contributed by atoms with Gasteiger partial charge < -0.3 is 20.5 Å². The fourth-order valence-corrected chi connectivity index (χ4v) is 2.90. The highest BCUT2D eigenvalue weighted by atomic mass is 35.5. The first-order valence-corrected chi connectivity index (χ1v) is 7.81. The number of amides is 1. The molecule has 1 aliphatic heterocycles. The standard InChI is InChI=1S/C16H23ClN2O3/c1-21-10-14(18)15(20)19-11-16(6-8-22-9-7-16)12-2-4-13(17)5-3-12/h2-5,14H,6-11,18H2,1H3,(H,19,20). The van der Waals surface area contributed by atoms with Crippen LogP contribution in [0.5, 0.6) is 0 Å². The van der Waals surface area contributed by atoms with Crippen molar-refractivity contribution in [1.29, 1.82) is 0 Å². The maximum atomic E-state index is 12.0. The molecule has 5 nitrogen and oxygen atoms in total. The van der Waals surface area contributed by atoms with E-state index in [4.69, 9.17) is 26.8 Å². The molecule has 1 amide bonds. The van der Waals surface area contributed by atoms with Gasteiger partial charge >= 0.3 is 0 Å². The lowest BCUT2D eigenvalue weighted by molar-refractivity contribution is -0.124. The second-order valence-electron chi connectivity index (χ2n) is 5.68. The molecule has 0 bridgehead atoms. The molecule has 0 spiro atoms. The Morgan fingerprint density at radius 3 is 2.64 bits per heavy atom. The number of halogens is 1. The Bertz CT molecular complexity index is 487. The summed E-state index contributed by atoms with van der Waals surface area (Å²) in [6.07, 6.45) is 1.71. The maximum Gasteiger partial charge on any atom is 0.239 e. The summed E-state index contributed by atoms with van der Waals surface area (Å²) in [5.74, 6) is -0.193. The molecule has 0 radical (unpaired) electrons. The Morgan fingerprint density at radius 2 is 2.05 bits per heavy atom. The van der Waals surface area contributed by atoms with E-state index in [0.29, 0.717) is 24.8 Å². The number of nitrogens with one attached hydrogen (secondary N) is 1. The lowest BCUT2D eigenvalue weighted by Crippen LogP contribution is -2.50. The molecule has 6 heteroatoms. The maximum absolute atomic E-state index is 12.0. The van der Waals surface area contributed by atoms with Gasteiger partial charge in [0.25, 0.3) is 0 Å². The lowest BCUT2D eigenvalue weighted by Gasteiger charge is -2.38. The highest BCUT2D eigenvalue weighted by molar-refractivity contribution is 6.30. The average Bonchev–Trinajstić information content (AvgIpc) is 2.54. The van der Waals surface area contributed by atoms with Gasteiger partial charge in [-0.2, -0.15) is 0 Å². The molecule has 3 N–H and O–H groups in total. The van der Waals surface area contributed by atoms with Crippen molar-refractivity contribution in [1.82, 2.24) is 5.32 Å². The Balaban J connectivity index is 2.09. The van der Waals surface area contributed by atoms with Crippen molar-refractivity contribution in [2.75, 3.05) is 33.5 Å².